The Kier molecular flexibility index (Phi) is 17.8. The average molecular weight is 1010 g/mol. The molecular weight excluding hydrogens is 931 g/mol. The predicted molar refractivity (Wildman–Crippen MR) is 316 cm³/mol. The second-order valence-corrected chi connectivity index (χ2v) is 32.8. The first kappa shape index (κ1) is 54.7. The summed E-state index contributed by atoms with van der Waals surface area (Å²) in [6, 6.07) is 59.4. The number of nitrogens with zero attached hydrogens (tertiary/aromatic N) is 1. The Morgan fingerprint density at radius 1 is 0.556 bits per heavy atom. The van der Waals surface area contributed by atoms with Crippen molar-refractivity contribution in [2.75, 3.05) is 31.2 Å². The van der Waals surface area contributed by atoms with Gasteiger partial charge in [-0.05, 0) is 94.5 Å². The predicted octanol–water partition coefficient (Wildman–Crippen LogP) is 14.5. The molecule has 6 aromatic rings. The molecule has 0 amide bonds. The van der Waals surface area contributed by atoms with Gasteiger partial charge in [-0.3, -0.25) is 4.79 Å². The zero-order valence-corrected chi connectivity index (χ0v) is 48.2. The van der Waals surface area contributed by atoms with Crippen molar-refractivity contribution in [3.05, 3.63) is 203 Å². The number of hydrogen-bond donors (Lipinski definition) is 0. The Labute approximate surface area is 440 Å². The summed E-state index contributed by atoms with van der Waals surface area (Å²) in [7, 11) is -5.56. The molecule has 0 radical (unpaired) electrons. The van der Waals surface area contributed by atoms with E-state index in [1.165, 1.54) is 37.4 Å². The minimum atomic E-state index is -2.78. The van der Waals surface area contributed by atoms with E-state index < -0.39 is 16.6 Å². The number of carbonyl (C=O) groups is 1. The van der Waals surface area contributed by atoms with Crippen LogP contribution in [-0.2, 0) is 19.4 Å². The Bertz CT molecular complexity index is 2540. The molecule has 378 valence electrons. The number of Topliss-reactive ketones (excluding diaryl/α,β-unsaturated/α-hetero) is 1. The first-order valence-corrected chi connectivity index (χ1v) is 31.1. The van der Waals surface area contributed by atoms with Gasteiger partial charge in [0.1, 0.15) is 0 Å². The summed E-state index contributed by atoms with van der Waals surface area (Å²) in [6.45, 7) is 30.1. The molecule has 0 aromatic heterocycles. The van der Waals surface area contributed by atoms with Gasteiger partial charge in [-0.25, -0.2) is 0 Å². The monoisotopic (exact) mass is 1010 g/mol. The van der Waals surface area contributed by atoms with Gasteiger partial charge >= 0.3 is 0 Å². The first-order valence-electron chi connectivity index (χ1n) is 26.3. The zero-order valence-electron chi connectivity index (χ0n) is 45.4. The third-order valence-corrected chi connectivity index (χ3v) is 25.9. The molecule has 7 heteroatoms. The van der Waals surface area contributed by atoms with E-state index in [2.05, 4.69) is 264 Å². The highest BCUT2D eigenvalue weighted by Crippen LogP contribution is 2.44. The molecule has 4 nitrogen and oxygen atoms in total. The minimum Gasteiger partial charge on any atom is -0.406 e. The quantitative estimate of drug-likeness (QED) is 0.0713. The van der Waals surface area contributed by atoms with Crippen LogP contribution in [0.2, 0.25) is 10.1 Å². The molecule has 0 fully saturated rings. The van der Waals surface area contributed by atoms with Gasteiger partial charge in [0.25, 0.3) is 16.6 Å². The summed E-state index contributed by atoms with van der Waals surface area (Å²) < 4.78 is 15.1. The third kappa shape index (κ3) is 12.3. The molecule has 0 saturated carbocycles. The Balaban J connectivity index is 1.21. The number of anilines is 1. The molecule has 7 rings (SSSR count). The van der Waals surface area contributed by atoms with E-state index in [0.29, 0.717) is 44.6 Å². The highest BCUT2D eigenvalue weighted by molar-refractivity contribution is 8.03. The fraction of sp³-hybridized carbons (Fsp3) is 0.369. The van der Waals surface area contributed by atoms with E-state index in [1.807, 2.05) is 0 Å². The van der Waals surface area contributed by atoms with E-state index in [4.69, 9.17) is 8.85 Å². The first-order chi connectivity index (χ1) is 34.3. The van der Waals surface area contributed by atoms with E-state index >= 15 is 0 Å². The second-order valence-electron chi connectivity index (χ2n) is 23.2. The zero-order chi connectivity index (χ0) is 51.7. The molecule has 0 N–H and O–H groups in total. The van der Waals surface area contributed by atoms with E-state index in [1.54, 1.807) is 11.8 Å². The van der Waals surface area contributed by atoms with Gasteiger partial charge < -0.3 is 13.8 Å². The van der Waals surface area contributed by atoms with Gasteiger partial charge in [0, 0.05) is 31.0 Å². The van der Waals surface area contributed by atoms with Crippen molar-refractivity contribution in [1.29, 1.82) is 0 Å². The van der Waals surface area contributed by atoms with Crippen molar-refractivity contribution in [2.45, 2.75) is 124 Å². The molecule has 0 unspecified atom stereocenters. The van der Waals surface area contributed by atoms with Crippen molar-refractivity contribution >= 4 is 66.7 Å². The number of hydrogen-bond acceptors (Lipinski definition) is 5. The highest BCUT2D eigenvalue weighted by atomic mass is 32.2. The summed E-state index contributed by atoms with van der Waals surface area (Å²) in [5, 5.41) is 4.84. The molecule has 0 saturated heterocycles. The van der Waals surface area contributed by atoms with Gasteiger partial charge in [-0.2, -0.15) is 0 Å². The van der Waals surface area contributed by atoms with E-state index in [-0.39, 0.29) is 21.3 Å². The Morgan fingerprint density at radius 3 is 1.33 bits per heavy atom. The molecular formula is C65H81NO3SSi2. The van der Waals surface area contributed by atoms with Gasteiger partial charge in [0.2, 0.25) is 0 Å². The fourth-order valence-electron chi connectivity index (χ4n) is 11.2. The van der Waals surface area contributed by atoms with E-state index in [9.17, 15) is 4.79 Å². The number of allylic oxidation sites excluding steroid dienone is 3. The summed E-state index contributed by atoms with van der Waals surface area (Å²) in [6.07, 6.45) is 5.86. The van der Waals surface area contributed by atoms with Crippen molar-refractivity contribution in [3.63, 3.8) is 0 Å². The normalized spacial score (nSPS) is 14.7. The van der Waals surface area contributed by atoms with Crippen molar-refractivity contribution in [3.8, 4) is 0 Å². The lowest BCUT2D eigenvalue weighted by Gasteiger charge is -2.44. The molecule has 1 aliphatic carbocycles. The topological polar surface area (TPSA) is 38.8 Å². The molecule has 72 heavy (non-hydrogen) atoms. The SMILES string of the molecule is CC(C)c1cccc(C(C)C)c1CSC1=C(/C=C/c2ccc(N(CCO[Si](c3ccccc3)(c3ccccc3)C(C)(C)C)CCO[Si](c3ccccc3)(c3ccccc3)C(C)(C)C)cc2)CC(C)(C)CC1=O. The Morgan fingerprint density at radius 2 is 0.958 bits per heavy atom. The van der Waals surface area contributed by atoms with Crippen LogP contribution >= 0.6 is 11.8 Å². The lowest BCUT2D eigenvalue weighted by molar-refractivity contribution is -0.117. The number of thioether (sulfide) groups is 1. The number of benzene rings is 6. The largest absolute Gasteiger partial charge is 0.406 e. The smallest absolute Gasteiger partial charge is 0.261 e. The molecule has 0 bridgehead atoms. The lowest BCUT2D eigenvalue weighted by atomic mass is 9.76. The highest BCUT2D eigenvalue weighted by Gasteiger charge is 2.51. The maximum absolute atomic E-state index is 14.0. The average Bonchev–Trinajstić information content (AvgIpc) is 3.35. The van der Waals surface area contributed by atoms with Gasteiger partial charge in [-0.1, -0.05) is 247 Å². The summed E-state index contributed by atoms with van der Waals surface area (Å²) in [5.74, 6) is 1.88. The number of carbonyl (C=O) groups excluding carboxylic acids is 1. The fourth-order valence-corrected chi connectivity index (χ4v) is 21.5. The third-order valence-electron chi connectivity index (χ3n) is 14.6. The number of rotatable bonds is 20. The standard InChI is InChI=1S/C65H81NO3SSi2/c1-49(2)58-34-25-35-59(50(3)4)60(58)48-70-62-52(46-65(11,12)47-61(62)67)39-36-51-37-40-53(41-38-51)66(42-44-68-71(63(5,6)7,54-26-17-13-18-27-54)55-28-19-14-20-29-55)43-45-69-72(64(8,9)10,56-30-21-15-22-31-56)57-32-23-16-24-33-57/h13-41,49-50H,42-48H2,1-12H3/b39-36+. The van der Waals surface area contributed by atoms with Gasteiger partial charge in [-0.15, -0.1) is 11.8 Å². The van der Waals surface area contributed by atoms with E-state index in [0.717, 1.165) is 33.9 Å². The molecule has 0 spiro atoms. The van der Waals surface area contributed by atoms with Crippen LogP contribution in [0.1, 0.15) is 130 Å². The lowest BCUT2D eigenvalue weighted by Crippen LogP contribution is -2.67. The second kappa shape index (κ2) is 23.5. The molecule has 1 aliphatic rings. The summed E-state index contributed by atoms with van der Waals surface area (Å²) >= 11 is 1.74. The van der Waals surface area contributed by atoms with Crippen LogP contribution in [0.15, 0.2) is 180 Å². The van der Waals surface area contributed by atoms with Crippen LogP contribution in [0, 0.1) is 5.41 Å². The summed E-state index contributed by atoms with van der Waals surface area (Å²) in [4.78, 5) is 17.4. The van der Waals surface area contributed by atoms with Crippen LogP contribution in [-0.4, -0.2) is 48.7 Å². The van der Waals surface area contributed by atoms with Crippen LogP contribution in [0.25, 0.3) is 6.08 Å². The molecule has 6 aromatic carbocycles. The molecule has 0 atom stereocenters. The van der Waals surface area contributed by atoms with Crippen LogP contribution in [0.4, 0.5) is 5.69 Å². The van der Waals surface area contributed by atoms with Crippen molar-refractivity contribution in [1.82, 2.24) is 0 Å². The van der Waals surface area contributed by atoms with Crippen LogP contribution in [0.5, 0.6) is 0 Å². The Hall–Kier alpha value is -5.03. The van der Waals surface area contributed by atoms with Gasteiger partial charge in [0.15, 0.2) is 5.78 Å². The maximum atomic E-state index is 14.0. The number of ketones is 1. The maximum Gasteiger partial charge on any atom is 0.261 e. The van der Waals surface area contributed by atoms with Crippen LogP contribution < -0.4 is 25.6 Å². The van der Waals surface area contributed by atoms with Crippen LogP contribution in [0.3, 0.4) is 0 Å². The van der Waals surface area contributed by atoms with Crippen molar-refractivity contribution in [2.24, 2.45) is 5.41 Å². The van der Waals surface area contributed by atoms with Gasteiger partial charge in [0.05, 0.1) is 18.1 Å². The molecule has 0 heterocycles. The van der Waals surface area contributed by atoms with Crippen molar-refractivity contribution < 1.29 is 13.6 Å². The summed E-state index contributed by atoms with van der Waals surface area (Å²) in [5.41, 5.74) is 7.42. The molecule has 0 aliphatic heterocycles. The minimum absolute atomic E-state index is 0.100.